The van der Waals surface area contributed by atoms with Gasteiger partial charge in [-0.15, -0.1) is 0 Å². The lowest BCUT2D eigenvalue weighted by atomic mass is 9.82. The van der Waals surface area contributed by atoms with Crippen LogP contribution in [0.25, 0.3) is 83.2 Å². The highest BCUT2D eigenvalue weighted by atomic mass is 15.0. The van der Waals surface area contributed by atoms with Crippen molar-refractivity contribution in [3.63, 3.8) is 0 Å². The number of rotatable bonds is 1. The molecule has 3 nitrogen and oxygen atoms in total. The number of aromatic nitrogens is 3. The van der Waals surface area contributed by atoms with Gasteiger partial charge in [-0.1, -0.05) is 91.0 Å². The molecule has 0 spiro atoms. The Morgan fingerprint density at radius 1 is 0.439 bits per heavy atom. The van der Waals surface area contributed by atoms with Gasteiger partial charge in [-0.05, 0) is 70.3 Å². The normalized spacial score (nSPS) is 11.9. The summed E-state index contributed by atoms with van der Waals surface area (Å²) >= 11 is 0. The molecule has 0 bridgehead atoms. The van der Waals surface area contributed by atoms with Crippen LogP contribution in [0, 0.1) is 0 Å². The summed E-state index contributed by atoms with van der Waals surface area (Å²) in [6.45, 7) is 0. The van der Waals surface area contributed by atoms with E-state index in [1.807, 2.05) is 12.3 Å². The average Bonchev–Trinajstić information content (AvgIpc) is 3.38. The van der Waals surface area contributed by atoms with E-state index in [2.05, 4.69) is 137 Å². The number of nitrogens with zero attached hydrogens (tertiary/aromatic N) is 3. The highest BCUT2D eigenvalue weighted by molar-refractivity contribution is 6.10. The Balaban J connectivity index is 1.43. The van der Waals surface area contributed by atoms with Crippen molar-refractivity contribution in [1.82, 2.24) is 14.5 Å². The largest absolute Gasteiger partial charge is 0.309 e. The molecular formula is C38H23N3. The molecule has 0 amide bonds. The Morgan fingerprint density at radius 2 is 1.00 bits per heavy atom. The van der Waals surface area contributed by atoms with Gasteiger partial charge < -0.3 is 4.57 Å². The molecule has 3 heteroatoms. The van der Waals surface area contributed by atoms with E-state index in [1.54, 1.807) is 0 Å². The molecular weight excluding hydrogens is 498 g/mol. The molecule has 0 saturated carbocycles. The fraction of sp³-hybridized carbons (Fsp3) is 0. The lowest BCUT2D eigenvalue weighted by Gasteiger charge is -2.23. The van der Waals surface area contributed by atoms with Crippen LogP contribution in [0.5, 0.6) is 0 Å². The van der Waals surface area contributed by atoms with E-state index in [4.69, 9.17) is 4.98 Å². The minimum Gasteiger partial charge on any atom is -0.309 e. The zero-order valence-corrected chi connectivity index (χ0v) is 22.1. The monoisotopic (exact) mass is 521 g/mol. The maximum absolute atomic E-state index is 5.26. The maximum atomic E-state index is 5.26. The van der Waals surface area contributed by atoms with Gasteiger partial charge >= 0.3 is 0 Å². The Bertz CT molecular complexity index is 2270. The van der Waals surface area contributed by atoms with Crippen molar-refractivity contribution in [1.29, 1.82) is 0 Å². The molecule has 3 heterocycles. The maximum Gasteiger partial charge on any atom is 0.159 e. The number of hydrogen-bond donors (Lipinski definition) is 0. The number of hydrogen-bond acceptors (Lipinski definition) is 2. The Labute approximate surface area is 237 Å². The third-order valence-electron chi connectivity index (χ3n) is 8.41. The van der Waals surface area contributed by atoms with E-state index >= 15 is 0 Å². The second-order valence-electron chi connectivity index (χ2n) is 10.6. The lowest BCUT2D eigenvalue weighted by Crippen LogP contribution is -2.02. The lowest BCUT2D eigenvalue weighted by molar-refractivity contribution is 1.18. The number of pyridine rings is 2. The third kappa shape index (κ3) is 3.20. The molecule has 190 valence electrons. The minimum absolute atomic E-state index is 0.755. The molecule has 5 aromatic carbocycles. The predicted octanol–water partition coefficient (Wildman–Crippen LogP) is 9.71. The van der Waals surface area contributed by atoms with E-state index in [0.717, 1.165) is 33.5 Å². The summed E-state index contributed by atoms with van der Waals surface area (Å²) in [7, 11) is 0. The van der Waals surface area contributed by atoms with Gasteiger partial charge in [0.2, 0.25) is 0 Å². The van der Waals surface area contributed by atoms with Gasteiger partial charge in [-0.25, -0.2) is 9.97 Å². The van der Waals surface area contributed by atoms with Crippen LogP contribution in [-0.2, 0) is 0 Å². The van der Waals surface area contributed by atoms with Crippen molar-refractivity contribution in [2.75, 3.05) is 0 Å². The van der Waals surface area contributed by atoms with Crippen LogP contribution in [0.1, 0.15) is 0 Å². The molecule has 8 aromatic rings. The predicted molar refractivity (Wildman–Crippen MR) is 169 cm³/mol. The molecule has 0 atom stereocenters. The van der Waals surface area contributed by atoms with Crippen LogP contribution in [0.2, 0.25) is 0 Å². The summed E-state index contributed by atoms with van der Waals surface area (Å²) in [5, 5.41) is 3.54. The number of fused-ring (bicyclic) bond motifs is 12. The van der Waals surface area contributed by atoms with Crippen LogP contribution in [0.4, 0.5) is 0 Å². The van der Waals surface area contributed by atoms with E-state index in [-0.39, 0.29) is 0 Å². The molecule has 0 aliphatic heterocycles. The molecule has 0 fully saturated rings. The molecule has 0 N–H and O–H groups in total. The van der Waals surface area contributed by atoms with E-state index in [1.165, 1.54) is 49.6 Å². The molecule has 0 unspecified atom stereocenters. The standard InChI is InChI=1S/C38H23N3/c1-2-13-28-26(11-1)27-12-3-4-14-29(27)33-22-24-10-9-21-39-38(24)40-37(33)34-23-25(19-20-30(28)34)41-35-17-7-5-15-31(35)32-16-6-8-18-36(32)41/h1-23H. The van der Waals surface area contributed by atoms with Crippen LogP contribution in [0.15, 0.2) is 140 Å². The zero-order chi connectivity index (χ0) is 26.9. The first kappa shape index (κ1) is 22.3. The quantitative estimate of drug-likeness (QED) is 0.215. The van der Waals surface area contributed by atoms with Gasteiger partial charge in [0.1, 0.15) is 0 Å². The third-order valence-corrected chi connectivity index (χ3v) is 8.41. The van der Waals surface area contributed by atoms with Crippen LogP contribution in [-0.4, -0.2) is 14.5 Å². The summed E-state index contributed by atoms with van der Waals surface area (Å²) in [4.78, 5) is 9.91. The Kier molecular flexibility index (Phi) is 4.61. The second kappa shape index (κ2) is 8.48. The number of benzene rings is 5. The molecule has 41 heavy (non-hydrogen) atoms. The first-order valence-corrected chi connectivity index (χ1v) is 13.9. The fourth-order valence-electron chi connectivity index (χ4n) is 6.62. The van der Waals surface area contributed by atoms with Crippen molar-refractivity contribution >= 4 is 32.8 Å². The van der Waals surface area contributed by atoms with Gasteiger partial charge in [0, 0.05) is 39.2 Å². The molecule has 9 rings (SSSR count). The van der Waals surface area contributed by atoms with Gasteiger partial charge in [-0.2, -0.15) is 0 Å². The fourth-order valence-corrected chi connectivity index (χ4v) is 6.62. The molecule has 1 aliphatic rings. The molecule has 3 aromatic heterocycles. The van der Waals surface area contributed by atoms with E-state index in [9.17, 15) is 0 Å². The Hall–Kier alpha value is -5.54. The number of para-hydroxylation sites is 2. The van der Waals surface area contributed by atoms with Crippen molar-refractivity contribution in [2.24, 2.45) is 0 Å². The van der Waals surface area contributed by atoms with Crippen LogP contribution < -0.4 is 0 Å². The summed E-state index contributed by atoms with van der Waals surface area (Å²) in [5.41, 5.74) is 13.4. The van der Waals surface area contributed by atoms with Crippen molar-refractivity contribution in [3.8, 4) is 50.3 Å². The average molecular weight is 522 g/mol. The smallest absolute Gasteiger partial charge is 0.159 e. The van der Waals surface area contributed by atoms with Gasteiger partial charge in [0.05, 0.1) is 16.7 Å². The first-order chi connectivity index (χ1) is 20.3. The van der Waals surface area contributed by atoms with Crippen LogP contribution >= 0.6 is 0 Å². The molecule has 0 saturated heterocycles. The van der Waals surface area contributed by atoms with Gasteiger partial charge in [-0.3, -0.25) is 0 Å². The molecule has 1 aliphatic carbocycles. The van der Waals surface area contributed by atoms with Crippen LogP contribution in [0.3, 0.4) is 0 Å². The Morgan fingerprint density at radius 3 is 1.66 bits per heavy atom. The second-order valence-corrected chi connectivity index (χ2v) is 10.6. The highest BCUT2D eigenvalue weighted by Crippen LogP contribution is 2.48. The van der Waals surface area contributed by atoms with E-state index in [0.29, 0.717) is 0 Å². The van der Waals surface area contributed by atoms with Crippen molar-refractivity contribution in [3.05, 3.63) is 140 Å². The summed E-state index contributed by atoms with van der Waals surface area (Å²) in [6.07, 6.45) is 1.82. The van der Waals surface area contributed by atoms with Gasteiger partial charge in [0.15, 0.2) is 5.65 Å². The summed E-state index contributed by atoms with van der Waals surface area (Å²) in [5.74, 6) is 0. The first-order valence-electron chi connectivity index (χ1n) is 13.9. The minimum atomic E-state index is 0.755. The highest BCUT2D eigenvalue weighted by Gasteiger charge is 2.24. The summed E-state index contributed by atoms with van der Waals surface area (Å²) < 4.78 is 2.38. The summed E-state index contributed by atoms with van der Waals surface area (Å²) in [6, 6.07) is 47.9. The van der Waals surface area contributed by atoms with Gasteiger partial charge in [0.25, 0.3) is 0 Å². The SMILES string of the molecule is c1ccc2c(c1)-c1ccccc1-c1cc3cccnc3nc1-c1cc(-n3c4ccccc4c4ccccc43)ccc1-2. The molecule has 0 radical (unpaired) electrons. The zero-order valence-electron chi connectivity index (χ0n) is 22.1. The van der Waals surface area contributed by atoms with Crippen molar-refractivity contribution in [2.45, 2.75) is 0 Å². The topological polar surface area (TPSA) is 30.7 Å². The van der Waals surface area contributed by atoms with E-state index < -0.39 is 0 Å². The van der Waals surface area contributed by atoms with Crippen molar-refractivity contribution < 1.29 is 0 Å².